The van der Waals surface area contributed by atoms with Crippen molar-refractivity contribution in [2.24, 2.45) is 10.4 Å². The molecule has 0 amide bonds. The monoisotopic (exact) mass is 491 g/mol. The Kier molecular flexibility index (Phi) is 10.8. The molecule has 0 aliphatic heterocycles. The predicted octanol–water partition coefficient (Wildman–Crippen LogP) is 4.30. The fourth-order valence-electron chi connectivity index (χ4n) is 3.54. The second kappa shape index (κ2) is 12.3. The Labute approximate surface area is 180 Å². The maximum Gasteiger partial charge on any atom is 0.195 e. The van der Waals surface area contributed by atoms with E-state index in [0.29, 0.717) is 11.5 Å². The highest BCUT2D eigenvalue weighted by molar-refractivity contribution is 14.0. The smallest absolute Gasteiger partial charge is 0.195 e. The van der Waals surface area contributed by atoms with Gasteiger partial charge in [0.05, 0.1) is 14.2 Å². The molecule has 0 radical (unpaired) electrons. The number of guanidine groups is 1. The third-order valence-electron chi connectivity index (χ3n) is 5.06. The zero-order chi connectivity index (χ0) is 18.8. The second-order valence-corrected chi connectivity index (χ2v) is 6.84. The number of halogens is 1. The van der Waals surface area contributed by atoms with Crippen molar-refractivity contribution in [3.8, 4) is 11.5 Å². The van der Waals surface area contributed by atoms with Gasteiger partial charge in [-0.25, -0.2) is 0 Å². The minimum Gasteiger partial charge on any atom is -0.493 e. The van der Waals surface area contributed by atoms with Gasteiger partial charge in [0.2, 0.25) is 0 Å². The molecule has 0 heterocycles. The van der Waals surface area contributed by atoms with Gasteiger partial charge in [-0.05, 0) is 43.7 Å². The topological polar surface area (TPSA) is 64.1 Å². The number of nitrogens with zero attached hydrogens (tertiary/aromatic N) is 1. The number of aliphatic imine (C=N–C) groups is 1. The lowest BCUT2D eigenvalue weighted by Gasteiger charge is -2.27. The molecule has 0 unspecified atom stereocenters. The molecule has 0 bridgehead atoms. The first-order valence-corrected chi connectivity index (χ1v) is 9.42. The molecule has 1 aliphatic rings. The van der Waals surface area contributed by atoms with E-state index >= 15 is 0 Å². The minimum absolute atomic E-state index is 0. The first-order chi connectivity index (χ1) is 12.7. The summed E-state index contributed by atoms with van der Waals surface area (Å²) in [5.74, 6) is 2.20. The van der Waals surface area contributed by atoms with Crippen molar-refractivity contribution in [1.29, 1.82) is 0 Å². The molecule has 7 heteroatoms. The van der Waals surface area contributed by atoms with Crippen LogP contribution in [0.15, 0.2) is 23.2 Å². The van der Waals surface area contributed by atoms with Gasteiger partial charge in [0, 0.05) is 38.6 Å². The third-order valence-corrected chi connectivity index (χ3v) is 5.06. The molecule has 0 atom stereocenters. The third kappa shape index (κ3) is 7.03. The fraction of sp³-hybridized carbons (Fsp3) is 0.650. The van der Waals surface area contributed by atoms with E-state index in [1.165, 1.54) is 25.7 Å². The zero-order valence-electron chi connectivity index (χ0n) is 17.0. The highest BCUT2D eigenvalue weighted by atomic mass is 127. The first-order valence-electron chi connectivity index (χ1n) is 9.42. The van der Waals surface area contributed by atoms with Crippen molar-refractivity contribution in [3.05, 3.63) is 18.2 Å². The molecule has 1 aliphatic carbocycles. The van der Waals surface area contributed by atoms with Crippen LogP contribution in [-0.2, 0) is 4.74 Å². The predicted molar refractivity (Wildman–Crippen MR) is 122 cm³/mol. The average molecular weight is 491 g/mol. The summed E-state index contributed by atoms with van der Waals surface area (Å²) in [6.07, 6.45) is 6.12. The van der Waals surface area contributed by atoms with E-state index in [1.807, 2.05) is 18.2 Å². The van der Waals surface area contributed by atoms with Gasteiger partial charge in [-0.15, -0.1) is 24.0 Å². The van der Waals surface area contributed by atoms with Crippen molar-refractivity contribution in [2.75, 3.05) is 46.3 Å². The number of benzene rings is 1. The number of ether oxygens (including phenoxy) is 3. The summed E-state index contributed by atoms with van der Waals surface area (Å²) in [7, 11) is 5.05. The molecule has 0 saturated heterocycles. The lowest BCUT2D eigenvalue weighted by Crippen LogP contribution is -2.33. The van der Waals surface area contributed by atoms with Crippen molar-refractivity contribution < 1.29 is 14.2 Å². The van der Waals surface area contributed by atoms with Gasteiger partial charge < -0.3 is 24.8 Å². The van der Waals surface area contributed by atoms with Crippen LogP contribution >= 0.6 is 24.0 Å². The second-order valence-electron chi connectivity index (χ2n) is 6.84. The molecule has 2 rings (SSSR count). The summed E-state index contributed by atoms with van der Waals surface area (Å²) < 4.78 is 16.0. The van der Waals surface area contributed by atoms with Gasteiger partial charge >= 0.3 is 0 Å². The van der Waals surface area contributed by atoms with E-state index in [9.17, 15) is 0 Å². The summed E-state index contributed by atoms with van der Waals surface area (Å²) in [4.78, 5) is 4.88. The Balaban J connectivity index is 0.00000364. The number of hydrogen-bond donors (Lipinski definition) is 2. The molecule has 0 spiro atoms. The van der Waals surface area contributed by atoms with Crippen LogP contribution in [0.5, 0.6) is 11.5 Å². The number of anilines is 1. The standard InChI is InChI=1S/C20H33N3O3.HI/c1-5-21-19(22-15-20(12-13-24-2)10-6-7-11-20)23-16-8-9-17(25-3)18(14-16)26-4;/h8-9,14H,5-7,10-13,15H2,1-4H3,(H2,21,22,23);1H. The van der Waals surface area contributed by atoms with Crippen LogP contribution in [0.1, 0.15) is 39.0 Å². The van der Waals surface area contributed by atoms with Crippen LogP contribution < -0.4 is 20.1 Å². The Hall–Kier alpha value is -1.22. The summed E-state index contributed by atoms with van der Waals surface area (Å²) in [5, 5.41) is 6.71. The Morgan fingerprint density at radius 1 is 1.11 bits per heavy atom. The highest BCUT2D eigenvalue weighted by Crippen LogP contribution is 2.41. The van der Waals surface area contributed by atoms with Crippen molar-refractivity contribution in [2.45, 2.75) is 39.0 Å². The SMILES string of the molecule is CCNC(=NCC1(CCOC)CCCC1)Nc1ccc(OC)c(OC)c1.I. The lowest BCUT2D eigenvalue weighted by atomic mass is 9.83. The van der Waals surface area contributed by atoms with Crippen LogP contribution in [0.4, 0.5) is 5.69 Å². The fourth-order valence-corrected chi connectivity index (χ4v) is 3.54. The molecule has 1 aromatic carbocycles. The van der Waals surface area contributed by atoms with E-state index in [0.717, 1.165) is 37.8 Å². The molecule has 27 heavy (non-hydrogen) atoms. The maximum atomic E-state index is 5.38. The molecule has 0 aromatic heterocycles. The highest BCUT2D eigenvalue weighted by Gasteiger charge is 2.33. The average Bonchev–Trinajstić information content (AvgIpc) is 3.13. The summed E-state index contributed by atoms with van der Waals surface area (Å²) in [6.45, 7) is 4.50. The lowest BCUT2D eigenvalue weighted by molar-refractivity contribution is 0.141. The van der Waals surface area contributed by atoms with E-state index in [1.54, 1.807) is 21.3 Å². The molecule has 2 N–H and O–H groups in total. The van der Waals surface area contributed by atoms with Crippen LogP contribution in [0.2, 0.25) is 0 Å². The maximum absolute atomic E-state index is 5.38. The van der Waals surface area contributed by atoms with Crippen molar-refractivity contribution >= 4 is 35.6 Å². The zero-order valence-corrected chi connectivity index (χ0v) is 19.3. The molecule has 6 nitrogen and oxygen atoms in total. The molecule has 154 valence electrons. The summed E-state index contributed by atoms with van der Waals surface area (Å²) >= 11 is 0. The first kappa shape index (κ1) is 23.8. The number of nitrogens with one attached hydrogen (secondary N) is 2. The van der Waals surface area contributed by atoms with Crippen molar-refractivity contribution in [3.63, 3.8) is 0 Å². The van der Waals surface area contributed by atoms with Crippen LogP contribution in [0.25, 0.3) is 0 Å². The number of hydrogen-bond acceptors (Lipinski definition) is 4. The Morgan fingerprint density at radius 2 is 1.81 bits per heavy atom. The summed E-state index contributed by atoms with van der Waals surface area (Å²) in [5.41, 5.74) is 1.19. The van der Waals surface area contributed by atoms with E-state index in [2.05, 4.69) is 17.6 Å². The Bertz CT molecular complexity index is 590. The van der Waals surface area contributed by atoms with Gasteiger partial charge in [0.1, 0.15) is 0 Å². The van der Waals surface area contributed by atoms with E-state index in [4.69, 9.17) is 19.2 Å². The van der Waals surface area contributed by atoms with Gasteiger partial charge in [0.25, 0.3) is 0 Å². The molecule has 1 aromatic rings. The van der Waals surface area contributed by atoms with E-state index < -0.39 is 0 Å². The van der Waals surface area contributed by atoms with Crippen LogP contribution in [-0.4, -0.2) is 47.0 Å². The Morgan fingerprint density at radius 3 is 2.41 bits per heavy atom. The minimum atomic E-state index is 0. The van der Waals surface area contributed by atoms with E-state index in [-0.39, 0.29) is 29.4 Å². The quantitative estimate of drug-likeness (QED) is 0.307. The number of methoxy groups -OCH3 is 3. The largest absolute Gasteiger partial charge is 0.493 e. The van der Waals surface area contributed by atoms with Gasteiger partial charge in [-0.3, -0.25) is 4.99 Å². The molecule has 1 saturated carbocycles. The molecular formula is C20H34IN3O3. The van der Waals surface area contributed by atoms with Gasteiger partial charge in [0.15, 0.2) is 17.5 Å². The van der Waals surface area contributed by atoms with Gasteiger partial charge in [-0.2, -0.15) is 0 Å². The normalized spacial score (nSPS) is 15.8. The van der Waals surface area contributed by atoms with Crippen molar-refractivity contribution in [1.82, 2.24) is 5.32 Å². The van der Waals surface area contributed by atoms with Crippen LogP contribution in [0.3, 0.4) is 0 Å². The summed E-state index contributed by atoms with van der Waals surface area (Å²) in [6, 6.07) is 5.77. The van der Waals surface area contributed by atoms with Gasteiger partial charge in [-0.1, -0.05) is 12.8 Å². The molecule has 1 fully saturated rings. The van der Waals surface area contributed by atoms with Crippen LogP contribution in [0, 0.1) is 5.41 Å². The molecular weight excluding hydrogens is 457 g/mol. The number of rotatable bonds is 9.